The van der Waals surface area contributed by atoms with E-state index < -0.39 is 30.4 Å². The van der Waals surface area contributed by atoms with E-state index in [-0.39, 0.29) is 17.6 Å². The first-order valence-electron chi connectivity index (χ1n) is 6.54. The fourth-order valence-corrected chi connectivity index (χ4v) is 1.77. The Hall–Kier alpha value is -1.89. The molecule has 1 atom stereocenters. The van der Waals surface area contributed by atoms with Crippen LogP contribution in [-0.4, -0.2) is 50.4 Å². The van der Waals surface area contributed by atoms with Crippen molar-refractivity contribution < 1.29 is 33.7 Å². The van der Waals surface area contributed by atoms with E-state index >= 15 is 0 Å². The number of aliphatic hydroxyl groups excluding tert-OH is 1. The molecule has 0 aliphatic rings. The van der Waals surface area contributed by atoms with Crippen LogP contribution in [0.3, 0.4) is 0 Å². The van der Waals surface area contributed by atoms with Gasteiger partial charge < -0.3 is 19.3 Å². The van der Waals surface area contributed by atoms with Crippen molar-refractivity contribution in [2.24, 2.45) is 0 Å². The summed E-state index contributed by atoms with van der Waals surface area (Å²) in [5, 5.41) is 9.85. The maximum atomic E-state index is 11.8. The molecule has 0 heterocycles. The normalized spacial score (nSPS) is 13.0. The van der Waals surface area contributed by atoms with Crippen LogP contribution >= 0.6 is 0 Å². The minimum absolute atomic E-state index is 0.0734. The number of carbonyl (C=O) groups is 3. The molecular formula is C14H22O7. The van der Waals surface area contributed by atoms with Crippen molar-refractivity contribution in [3.05, 3.63) is 11.1 Å². The van der Waals surface area contributed by atoms with Gasteiger partial charge >= 0.3 is 17.9 Å². The van der Waals surface area contributed by atoms with Crippen LogP contribution in [0.5, 0.6) is 0 Å². The smallest absolute Gasteiger partial charge is 0.334 e. The second-order valence-electron chi connectivity index (χ2n) is 4.34. The molecule has 1 N–H and O–H groups in total. The highest BCUT2D eigenvalue weighted by molar-refractivity contribution is 6.03. The van der Waals surface area contributed by atoms with Crippen molar-refractivity contribution in [2.75, 3.05) is 21.3 Å². The maximum absolute atomic E-state index is 11.8. The monoisotopic (exact) mass is 302 g/mol. The topological polar surface area (TPSA) is 99.1 Å². The quantitative estimate of drug-likeness (QED) is 0.401. The Morgan fingerprint density at radius 2 is 1.48 bits per heavy atom. The molecule has 0 radical (unpaired) electrons. The molecule has 0 rings (SSSR count). The summed E-state index contributed by atoms with van der Waals surface area (Å²) in [7, 11) is 3.46. The Kier molecular flexibility index (Phi) is 9.03. The van der Waals surface area contributed by atoms with Gasteiger partial charge in [0.05, 0.1) is 45.0 Å². The molecule has 0 aliphatic heterocycles. The van der Waals surface area contributed by atoms with Gasteiger partial charge in [0.1, 0.15) is 0 Å². The predicted octanol–water partition coefficient (Wildman–Crippen LogP) is 0.743. The number of carbonyl (C=O) groups excluding carboxylic acids is 3. The van der Waals surface area contributed by atoms with Gasteiger partial charge in [-0.1, -0.05) is 13.3 Å². The summed E-state index contributed by atoms with van der Waals surface area (Å²) in [4.78, 5) is 35.0. The fourth-order valence-electron chi connectivity index (χ4n) is 1.77. The van der Waals surface area contributed by atoms with E-state index in [1.54, 1.807) is 0 Å². The molecule has 0 amide bonds. The maximum Gasteiger partial charge on any atom is 0.334 e. The van der Waals surface area contributed by atoms with E-state index in [0.29, 0.717) is 12.8 Å². The van der Waals surface area contributed by atoms with E-state index in [2.05, 4.69) is 14.2 Å². The van der Waals surface area contributed by atoms with Crippen molar-refractivity contribution >= 4 is 17.9 Å². The third-order valence-electron chi connectivity index (χ3n) is 2.84. The summed E-state index contributed by atoms with van der Waals surface area (Å²) in [6.07, 6.45) is -0.178. The molecule has 0 unspecified atom stereocenters. The van der Waals surface area contributed by atoms with E-state index in [1.165, 1.54) is 7.11 Å². The number of esters is 3. The zero-order valence-electron chi connectivity index (χ0n) is 12.8. The molecule has 7 nitrogen and oxygen atoms in total. The third kappa shape index (κ3) is 6.40. The lowest BCUT2D eigenvalue weighted by atomic mass is 9.97. The van der Waals surface area contributed by atoms with Crippen molar-refractivity contribution in [3.8, 4) is 0 Å². The molecule has 0 aromatic rings. The Morgan fingerprint density at radius 1 is 0.952 bits per heavy atom. The number of rotatable bonds is 8. The molecule has 0 saturated heterocycles. The van der Waals surface area contributed by atoms with Crippen LogP contribution in [0, 0.1) is 0 Å². The van der Waals surface area contributed by atoms with Crippen molar-refractivity contribution in [2.45, 2.75) is 38.7 Å². The second-order valence-corrected chi connectivity index (χ2v) is 4.34. The SMILES string of the molecule is CCC[C@H](O)CC(C(=O)OC)=C(CC(=O)OC)C(=O)OC. The molecule has 7 heteroatoms. The van der Waals surface area contributed by atoms with E-state index in [4.69, 9.17) is 0 Å². The first kappa shape index (κ1) is 19.1. The second kappa shape index (κ2) is 9.93. The summed E-state index contributed by atoms with van der Waals surface area (Å²) in [5.41, 5.74) is -0.234. The lowest BCUT2D eigenvalue weighted by molar-refractivity contribution is -0.143. The number of ether oxygens (including phenoxy) is 3. The summed E-state index contributed by atoms with van der Waals surface area (Å²) in [6, 6.07) is 0. The fraction of sp³-hybridized carbons (Fsp3) is 0.643. The van der Waals surface area contributed by atoms with Gasteiger partial charge in [-0.25, -0.2) is 9.59 Å². The van der Waals surface area contributed by atoms with Gasteiger partial charge in [0.25, 0.3) is 0 Å². The zero-order chi connectivity index (χ0) is 16.4. The van der Waals surface area contributed by atoms with Crippen LogP contribution in [0.25, 0.3) is 0 Å². The average molecular weight is 302 g/mol. The molecule has 0 aliphatic carbocycles. The van der Waals surface area contributed by atoms with Gasteiger partial charge in [-0.3, -0.25) is 4.79 Å². The lowest BCUT2D eigenvalue weighted by Crippen LogP contribution is -2.21. The minimum Gasteiger partial charge on any atom is -0.469 e. The minimum atomic E-state index is -0.829. The standard InChI is InChI=1S/C14H22O7/c1-5-6-9(15)7-10(13(17)20-3)11(14(18)21-4)8-12(16)19-2/h9,15H,5-8H2,1-4H3/t9-/m0/s1. The van der Waals surface area contributed by atoms with Gasteiger partial charge in [-0.2, -0.15) is 0 Å². The van der Waals surface area contributed by atoms with Crippen LogP contribution in [0.4, 0.5) is 0 Å². The zero-order valence-corrected chi connectivity index (χ0v) is 12.8. The largest absolute Gasteiger partial charge is 0.469 e. The third-order valence-corrected chi connectivity index (χ3v) is 2.84. The summed E-state index contributed by atoms with van der Waals surface area (Å²) in [6.45, 7) is 1.88. The molecule has 0 bridgehead atoms. The molecule has 0 spiro atoms. The highest BCUT2D eigenvalue weighted by Gasteiger charge is 2.26. The molecule has 0 fully saturated rings. The number of methoxy groups -OCH3 is 3. The number of aliphatic hydroxyl groups is 1. The van der Waals surface area contributed by atoms with Crippen LogP contribution in [0.1, 0.15) is 32.6 Å². The lowest BCUT2D eigenvalue weighted by Gasteiger charge is -2.15. The van der Waals surface area contributed by atoms with Crippen LogP contribution in [0.2, 0.25) is 0 Å². The van der Waals surface area contributed by atoms with Gasteiger partial charge in [0.2, 0.25) is 0 Å². The summed E-state index contributed by atoms with van der Waals surface area (Å²) >= 11 is 0. The van der Waals surface area contributed by atoms with Gasteiger partial charge in [0.15, 0.2) is 0 Å². The molecule has 0 aromatic heterocycles. The first-order valence-corrected chi connectivity index (χ1v) is 6.54. The van der Waals surface area contributed by atoms with Gasteiger partial charge in [-0.15, -0.1) is 0 Å². The average Bonchev–Trinajstić information content (AvgIpc) is 2.48. The Balaban J connectivity index is 5.60. The van der Waals surface area contributed by atoms with E-state index in [1.807, 2.05) is 6.92 Å². The van der Waals surface area contributed by atoms with Crippen molar-refractivity contribution in [1.29, 1.82) is 0 Å². The Labute approximate surface area is 123 Å². The highest BCUT2D eigenvalue weighted by atomic mass is 16.5. The van der Waals surface area contributed by atoms with Crippen LogP contribution in [0.15, 0.2) is 11.1 Å². The first-order chi connectivity index (χ1) is 9.90. The summed E-state index contributed by atoms with van der Waals surface area (Å²) < 4.78 is 13.7. The highest BCUT2D eigenvalue weighted by Crippen LogP contribution is 2.20. The summed E-state index contributed by atoms with van der Waals surface area (Å²) in [5.74, 6) is -2.30. The number of hydrogen-bond donors (Lipinski definition) is 1. The molecular weight excluding hydrogens is 280 g/mol. The van der Waals surface area contributed by atoms with Crippen LogP contribution < -0.4 is 0 Å². The molecule has 0 aromatic carbocycles. The Morgan fingerprint density at radius 3 is 1.90 bits per heavy atom. The molecule has 0 saturated carbocycles. The number of hydrogen-bond acceptors (Lipinski definition) is 7. The van der Waals surface area contributed by atoms with E-state index in [0.717, 1.165) is 14.2 Å². The predicted molar refractivity (Wildman–Crippen MR) is 73.2 cm³/mol. The van der Waals surface area contributed by atoms with E-state index in [9.17, 15) is 19.5 Å². The van der Waals surface area contributed by atoms with Crippen molar-refractivity contribution in [3.63, 3.8) is 0 Å². The molecule has 21 heavy (non-hydrogen) atoms. The van der Waals surface area contributed by atoms with Gasteiger partial charge in [-0.05, 0) is 6.42 Å². The Bertz CT molecular complexity index is 412. The van der Waals surface area contributed by atoms with Gasteiger partial charge in [0, 0.05) is 6.42 Å². The van der Waals surface area contributed by atoms with Crippen LogP contribution in [-0.2, 0) is 28.6 Å². The molecule has 120 valence electrons. The van der Waals surface area contributed by atoms with Crippen molar-refractivity contribution in [1.82, 2.24) is 0 Å².